The van der Waals surface area contributed by atoms with Crippen LogP contribution in [0.4, 0.5) is 0 Å². The fourth-order valence-corrected chi connectivity index (χ4v) is 1.63. The molecule has 0 aliphatic heterocycles. The fraction of sp³-hybridized carbons (Fsp3) is 0.833. The van der Waals surface area contributed by atoms with E-state index in [0.717, 1.165) is 13.1 Å². The van der Waals surface area contributed by atoms with Gasteiger partial charge in [-0.05, 0) is 12.5 Å². The van der Waals surface area contributed by atoms with Gasteiger partial charge in [-0.25, -0.2) is 0 Å². The Kier molecular flexibility index (Phi) is 8.08. The molecular formula is C12H25N3OS. The number of carbonyl (C=O) groups is 1. The first-order valence-electron chi connectivity index (χ1n) is 6.11. The summed E-state index contributed by atoms with van der Waals surface area (Å²) < 4.78 is 0. The molecule has 0 aromatic rings. The summed E-state index contributed by atoms with van der Waals surface area (Å²) in [6.45, 7) is 9.31. The van der Waals surface area contributed by atoms with Crippen molar-refractivity contribution in [2.24, 2.45) is 11.7 Å². The average Bonchev–Trinajstić information content (AvgIpc) is 2.23. The van der Waals surface area contributed by atoms with Crippen molar-refractivity contribution in [2.45, 2.75) is 27.2 Å². The topological polar surface area (TPSA) is 49.6 Å². The van der Waals surface area contributed by atoms with Crippen LogP contribution < -0.4 is 5.73 Å². The standard InChI is InChI=1S/C12H25N3OS/c1-5-15(8-10(2)3)9-12(16)14(4)7-6-11(13)17/h10H,5-9H2,1-4H3,(H2,13,17). The summed E-state index contributed by atoms with van der Waals surface area (Å²) >= 11 is 4.80. The SMILES string of the molecule is CCN(CC(=O)N(C)CCC(N)=S)CC(C)C. The average molecular weight is 259 g/mol. The molecule has 0 spiro atoms. The summed E-state index contributed by atoms with van der Waals surface area (Å²) in [5.74, 6) is 0.702. The summed E-state index contributed by atoms with van der Waals surface area (Å²) in [5, 5.41) is 0. The van der Waals surface area contributed by atoms with Gasteiger partial charge in [-0.2, -0.15) is 0 Å². The van der Waals surface area contributed by atoms with E-state index in [4.69, 9.17) is 18.0 Å². The second kappa shape index (κ2) is 8.42. The molecule has 17 heavy (non-hydrogen) atoms. The highest BCUT2D eigenvalue weighted by atomic mass is 32.1. The van der Waals surface area contributed by atoms with E-state index in [1.807, 2.05) is 0 Å². The molecule has 0 unspecified atom stereocenters. The molecule has 0 aromatic heterocycles. The molecule has 0 saturated carbocycles. The van der Waals surface area contributed by atoms with Crippen molar-refractivity contribution < 1.29 is 4.79 Å². The highest BCUT2D eigenvalue weighted by molar-refractivity contribution is 7.80. The Bertz CT molecular complexity index is 256. The number of hydrogen-bond donors (Lipinski definition) is 1. The Labute approximate surface area is 110 Å². The minimum Gasteiger partial charge on any atom is -0.393 e. The van der Waals surface area contributed by atoms with Crippen LogP contribution in [-0.4, -0.2) is 53.9 Å². The van der Waals surface area contributed by atoms with Gasteiger partial charge in [0.1, 0.15) is 0 Å². The lowest BCUT2D eigenvalue weighted by Crippen LogP contribution is -2.40. The Morgan fingerprint density at radius 3 is 2.41 bits per heavy atom. The molecule has 0 saturated heterocycles. The van der Waals surface area contributed by atoms with Crippen molar-refractivity contribution >= 4 is 23.1 Å². The number of likely N-dealkylation sites (N-methyl/N-ethyl adjacent to an activating group) is 2. The van der Waals surface area contributed by atoms with Gasteiger partial charge in [0.05, 0.1) is 11.5 Å². The van der Waals surface area contributed by atoms with Gasteiger partial charge in [0.15, 0.2) is 0 Å². The first-order valence-corrected chi connectivity index (χ1v) is 6.52. The quantitative estimate of drug-likeness (QED) is 0.663. The third-order valence-corrected chi connectivity index (χ3v) is 2.75. The summed E-state index contributed by atoms with van der Waals surface area (Å²) in [6, 6.07) is 0. The normalized spacial score (nSPS) is 10.9. The van der Waals surface area contributed by atoms with E-state index < -0.39 is 0 Å². The van der Waals surface area contributed by atoms with E-state index in [1.54, 1.807) is 11.9 Å². The van der Waals surface area contributed by atoms with Crippen LogP contribution in [0.25, 0.3) is 0 Å². The maximum Gasteiger partial charge on any atom is 0.236 e. The molecule has 0 rings (SSSR count). The summed E-state index contributed by atoms with van der Waals surface area (Å²) in [5.41, 5.74) is 5.42. The van der Waals surface area contributed by atoms with Gasteiger partial charge < -0.3 is 10.6 Å². The van der Waals surface area contributed by atoms with Crippen LogP contribution in [0, 0.1) is 5.92 Å². The molecule has 100 valence electrons. The molecule has 0 aliphatic carbocycles. The molecule has 0 aromatic carbocycles. The summed E-state index contributed by atoms with van der Waals surface area (Å²) in [4.78, 5) is 16.2. The minimum absolute atomic E-state index is 0.128. The van der Waals surface area contributed by atoms with E-state index in [0.29, 0.717) is 30.4 Å². The molecule has 1 amide bonds. The molecular weight excluding hydrogens is 234 g/mol. The maximum absolute atomic E-state index is 11.9. The molecule has 0 fully saturated rings. The van der Waals surface area contributed by atoms with Gasteiger partial charge in [-0.3, -0.25) is 9.69 Å². The Hall–Kier alpha value is -0.680. The zero-order valence-corrected chi connectivity index (χ0v) is 12.2. The molecule has 5 heteroatoms. The highest BCUT2D eigenvalue weighted by Gasteiger charge is 2.14. The van der Waals surface area contributed by atoms with Crippen molar-refractivity contribution in [3.8, 4) is 0 Å². The smallest absolute Gasteiger partial charge is 0.236 e. The molecule has 4 nitrogen and oxygen atoms in total. The predicted molar refractivity (Wildman–Crippen MR) is 76.0 cm³/mol. The second-order valence-corrected chi connectivity index (χ2v) is 5.28. The third kappa shape index (κ3) is 8.10. The molecule has 0 heterocycles. The van der Waals surface area contributed by atoms with Crippen LogP contribution in [0.1, 0.15) is 27.2 Å². The van der Waals surface area contributed by atoms with Crippen LogP contribution in [0.3, 0.4) is 0 Å². The van der Waals surface area contributed by atoms with Crippen LogP contribution in [0.15, 0.2) is 0 Å². The molecule has 0 aliphatic rings. The number of hydrogen-bond acceptors (Lipinski definition) is 3. The number of nitrogens with two attached hydrogens (primary N) is 1. The number of carbonyl (C=O) groups excluding carboxylic acids is 1. The van der Waals surface area contributed by atoms with Crippen LogP contribution >= 0.6 is 12.2 Å². The Morgan fingerprint density at radius 1 is 1.41 bits per heavy atom. The maximum atomic E-state index is 11.9. The van der Waals surface area contributed by atoms with Gasteiger partial charge in [0, 0.05) is 26.6 Å². The lowest BCUT2D eigenvalue weighted by atomic mass is 10.2. The van der Waals surface area contributed by atoms with Gasteiger partial charge in [0.25, 0.3) is 0 Å². The van der Waals surface area contributed by atoms with E-state index in [-0.39, 0.29) is 5.91 Å². The van der Waals surface area contributed by atoms with Crippen molar-refractivity contribution in [3.05, 3.63) is 0 Å². The monoisotopic (exact) mass is 259 g/mol. The van der Waals surface area contributed by atoms with Crippen molar-refractivity contribution in [1.29, 1.82) is 0 Å². The predicted octanol–water partition coefficient (Wildman–Crippen LogP) is 1.10. The number of rotatable bonds is 8. The summed E-state index contributed by atoms with van der Waals surface area (Å²) in [7, 11) is 1.80. The Morgan fingerprint density at radius 2 is 2.00 bits per heavy atom. The minimum atomic E-state index is 0.128. The zero-order valence-electron chi connectivity index (χ0n) is 11.4. The van der Waals surface area contributed by atoms with Crippen molar-refractivity contribution in [3.63, 3.8) is 0 Å². The fourth-order valence-electron chi connectivity index (χ4n) is 1.54. The largest absolute Gasteiger partial charge is 0.393 e. The van der Waals surface area contributed by atoms with Gasteiger partial charge in [-0.1, -0.05) is 33.0 Å². The highest BCUT2D eigenvalue weighted by Crippen LogP contribution is 2.00. The second-order valence-electron chi connectivity index (χ2n) is 4.75. The lowest BCUT2D eigenvalue weighted by molar-refractivity contribution is -0.131. The van der Waals surface area contributed by atoms with Crippen LogP contribution in [0.2, 0.25) is 0 Å². The van der Waals surface area contributed by atoms with E-state index in [1.165, 1.54) is 0 Å². The van der Waals surface area contributed by atoms with Crippen molar-refractivity contribution in [2.75, 3.05) is 33.2 Å². The number of nitrogens with zero attached hydrogens (tertiary/aromatic N) is 2. The van der Waals surface area contributed by atoms with Gasteiger partial charge >= 0.3 is 0 Å². The van der Waals surface area contributed by atoms with E-state index in [9.17, 15) is 4.79 Å². The van der Waals surface area contributed by atoms with Crippen LogP contribution in [0.5, 0.6) is 0 Å². The lowest BCUT2D eigenvalue weighted by Gasteiger charge is -2.25. The van der Waals surface area contributed by atoms with Gasteiger partial charge in [0.2, 0.25) is 5.91 Å². The van der Waals surface area contributed by atoms with E-state index in [2.05, 4.69) is 25.7 Å². The molecule has 0 bridgehead atoms. The zero-order chi connectivity index (χ0) is 13.4. The first-order chi connectivity index (χ1) is 7.86. The Balaban J connectivity index is 4.07. The van der Waals surface area contributed by atoms with Gasteiger partial charge in [-0.15, -0.1) is 0 Å². The van der Waals surface area contributed by atoms with E-state index >= 15 is 0 Å². The summed E-state index contributed by atoms with van der Waals surface area (Å²) in [6.07, 6.45) is 0.591. The molecule has 0 radical (unpaired) electrons. The third-order valence-electron chi connectivity index (χ3n) is 2.55. The molecule has 2 N–H and O–H groups in total. The van der Waals surface area contributed by atoms with Crippen molar-refractivity contribution in [1.82, 2.24) is 9.80 Å². The molecule has 0 atom stereocenters. The van der Waals surface area contributed by atoms with Crippen LogP contribution in [-0.2, 0) is 4.79 Å². The first kappa shape index (κ1) is 16.3. The number of thiocarbonyl (C=S) groups is 1. The number of amides is 1.